The van der Waals surface area contributed by atoms with Crippen molar-refractivity contribution in [2.45, 2.75) is 25.7 Å². The summed E-state index contributed by atoms with van der Waals surface area (Å²) < 4.78 is 14.8. The molecule has 3 heterocycles. The zero-order chi connectivity index (χ0) is 27.0. The summed E-state index contributed by atoms with van der Waals surface area (Å²) in [7, 11) is 3.54. The van der Waals surface area contributed by atoms with Crippen molar-refractivity contribution >= 4 is 39.7 Å². The van der Waals surface area contributed by atoms with Crippen molar-refractivity contribution in [2.24, 2.45) is 0 Å². The fourth-order valence-corrected chi connectivity index (χ4v) is 5.42. The van der Waals surface area contributed by atoms with Gasteiger partial charge in [0.25, 0.3) is 5.91 Å². The summed E-state index contributed by atoms with van der Waals surface area (Å²) in [5.41, 5.74) is 2.16. The third-order valence-electron chi connectivity index (χ3n) is 6.67. The van der Waals surface area contributed by atoms with Gasteiger partial charge in [0, 0.05) is 43.1 Å². The van der Waals surface area contributed by atoms with Gasteiger partial charge in [0.2, 0.25) is 11.3 Å². The molecule has 196 valence electrons. The SMILES string of the molecule is CN(Cc1cc2c3c(c1)c(=O)c(C(=O)NCc1ccc(F)cc1)cn3CC(=O)N2C)C[C@@H](O)c1cccs1. The van der Waals surface area contributed by atoms with Crippen LogP contribution >= 0.6 is 11.3 Å². The second-order valence-electron chi connectivity index (χ2n) is 9.50. The van der Waals surface area contributed by atoms with Crippen molar-refractivity contribution in [2.75, 3.05) is 25.5 Å². The number of amides is 2. The molecule has 8 nitrogen and oxygen atoms in total. The van der Waals surface area contributed by atoms with Crippen LogP contribution in [0, 0.1) is 5.82 Å². The number of benzene rings is 2. The molecule has 2 N–H and O–H groups in total. The first kappa shape index (κ1) is 25.8. The molecule has 38 heavy (non-hydrogen) atoms. The van der Waals surface area contributed by atoms with E-state index in [1.165, 1.54) is 34.6 Å². The summed E-state index contributed by atoms with van der Waals surface area (Å²) in [4.78, 5) is 43.7. The summed E-state index contributed by atoms with van der Waals surface area (Å²) >= 11 is 1.49. The molecule has 0 fully saturated rings. The first-order chi connectivity index (χ1) is 18.2. The number of aliphatic hydroxyl groups excluding tert-OH is 1. The number of thiophene rings is 1. The van der Waals surface area contributed by atoms with E-state index in [1.807, 2.05) is 35.5 Å². The maximum atomic E-state index is 13.6. The average Bonchev–Trinajstić information content (AvgIpc) is 3.43. The first-order valence-electron chi connectivity index (χ1n) is 12.1. The monoisotopic (exact) mass is 534 g/mol. The maximum Gasteiger partial charge on any atom is 0.257 e. The van der Waals surface area contributed by atoms with Gasteiger partial charge in [0.1, 0.15) is 24.0 Å². The average molecular weight is 535 g/mol. The lowest BCUT2D eigenvalue weighted by molar-refractivity contribution is -0.119. The standard InChI is InChI=1S/C28H27FN4O4S/c1-31(15-23(34)24-4-3-9-38-24)13-18-10-20-26-22(11-18)32(2)25(35)16-33(26)14-21(27(20)36)28(37)30-12-17-5-7-19(29)8-6-17/h3-11,14,23,34H,12-13,15-16H2,1-2H3,(H,30,37)/t23-/m1/s1. The van der Waals surface area contributed by atoms with Gasteiger partial charge in [-0.2, -0.15) is 0 Å². The van der Waals surface area contributed by atoms with Crippen molar-refractivity contribution in [3.8, 4) is 0 Å². The Hall–Kier alpha value is -3.86. The van der Waals surface area contributed by atoms with Crippen molar-refractivity contribution in [3.63, 3.8) is 0 Å². The molecule has 0 saturated carbocycles. The Morgan fingerprint density at radius 3 is 2.66 bits per heavy atom. The Labute approximate surface area is 222 Å². The number of halogens is 1. The minimum atomic E-state index is -0.642. The topological polar surface area (TPSA) is 94.9 Å². The predicted molar refractivity (Wildman–Crippen MR) is 145 cm³/mol. The fraction of sp³-hybridized carbons (Fsp3) is 0.250. The van der Waals surface area contributed by atoms with E-state index in [0.29, 0.717) is 35.2 Å². The van der Waals surface area contributed by atoms with Crippen LogP contribution in [0.3, 0.4) is 0 Å². The Kier molecular flexibility index (Phi) is 7.11. The highest BCUT2D eigenvalue weighted by Gasteiger charge is 2.27. The van der Waals surface area contributed by atoms with Crippen LogP contribution in [0.4, 0.5) is 10.1 Å². The summed E-state index contributed by atoms with van der Waals surface area (Å²) in [6.07, 6.45) is 0.791. The highest BCUT2D eigenvalue weighted by atomic mass is 32.1. The number of aromatic nitrogens is 1. The number of pyridine rings is 1. The Morgan fingerprint density at radius 1 is 1.18 bits per heavy atom. The molecule has 0 saturated heterocycles. The van der Waals surface area contributed by atoms with Crippen LogP contribution in [0.1, 0.15) is 32.5 Å². The van der Waals surface area contributed by atoms with E-state index in [0.717, 1.165) is 10.4 Å². The van der Waals surface area contributed by atoms with Gasteiger partial charge in [0.15, 0.2) is 0 Å². The molecule has 4 aromatic rings. The molecule has 2 amide bonds. The lowest BCUT2D eigenvalue weighted by Gasteiger charge is -2.29. The van der Waals surface area contributed by atoms with E-state index in [-0.39, 0.29) is 30.4 Å². The second-order valence-corrected chi connectivity index (χ2v) is 10.5. The van der Waals surface area contributed by atoms with E-state index in [4.69, 9.17) is 0 Å². The molecule has 0 radical (unpaired) electrons. The van der Waals surface area contributed by atoms with Gasteiger partial charge in [-0.15, -0.1) is 11.3 Å². The number of nitrogens with zero attached hydrogens (tertiary/aromatic N) is 3. The molecule has 1 atom stereocenters. The molecule has 0 spiro atoms. The third kappa shape index (κ3) is 5.10. The normalized spacial score (nSPS) is 13.8. The quantitative estimate of drug-likeness (QED) is 0.362. The number of carbonyl (C=O) groups is 2. The van der Waals surface area contributed by atoms with Crippen LogP contribution in [0.25, 0.3) is 10.9 Å². The molecule has 0 aliphatic carbocycles. The number of nitrogens with one attached hydrogen (secondary N) is 1. The second kappa shape index (κ2) is 10.5. The lowest BCUT2D eigenvalue weighted by Crippen LogP contribution is -2.37. The summed E-state index contributed by atoms with van der Waals surface area (Å²) in [5.74, 6) is -1.11. The van der Waals surface area contributed by atoms with Crippen LogP contribution in [0.15, 0.2) is 64.9 Å². The summed E-state index contributed by atoms with van der Waals surface area (Å²) in [6, 6.07) is 13.1. The molecule has 10 heteroatoms. The zero-order valence-electron chi connectivity index (χ0n) is 21.0. The van der Waals surface area contributed by atoms with Crippen LogP contribution < -0.4 is 15.6 Å². The van der Waals surface area contributed by atoms with E-state index < -0.39 is 17.4 Å². The fourth-order valence-electron chi connectivity index (χ4n) is 4.72. The number of aliphatic hydroxyl groups is 1. The Balaban J connectivity index is 1.47. The number of rotatable bonds is 8. The predicted octanol–water partition coefficient (Wildman–Crippen LogP) is 3.27. The van der Waals surface area contributed by atoms with Gasteiger partial charge < -0.3 is 19.9 Å². The van der Waals surface area contributed by atoms with E-state index >= 15 is 0 Å². The molecule has 1 aliphatic heterocycles. The number of hydrogen-bond donors (Lipinski definition) is 2. The van der Waals surface area contributed by atoms with E-state index in [2.05, 4.69) is 5.32 Å². The Morgan fingerprint density at radius 2 is 1.95 bits per heavy atom. The van der Waals surface area contributed by atoms with E-state index in [9.17, 15) is 23.9 Å². The van der Waals surface area contributed by atoms with Gasteiger partial charge in [-0.25, -0.2) is 4.39 Å². The summed E-state index contributed by atoms with van der Waals surface area (Å²) in [6.45, 7) is 0.943. The van der Waals surface area contributed by atoms with Crippen LogP contribution in [0.2, 0.25) is 0 Å². The molecule has 0 unspecified atom stereocenters. The van der Waals surface area contributed by atoms with Gasteiger partial charge in [-0.3, -0.25) is 19.3 Å². The van der Waals surface area contributed by atoms with E-state index in [1.54, 1.807) is 29.8 Å². The first-order valence-corrected chi connectivity index (χ1v) is 13.0. The van der Waals surface area contributed by atoms with Gasteiger partial charge >= 0.3 is 0 Å². The molecule has 0 bridgehead atoms. The molecule has 1 aliphatic rings. The minimum absolute atomic E-state index is 0.00474. The third-order valence-corrected chi connectivity index (χ3v) is 7.65. The van der Waals surface area contributed by atoms with Crippen molar-refractivity contribution in [1.82, 2.24) is 14.8 Å². The van der Waals surface area contributed by atoms with Gasteiger partial charge in [0.05, 0.1) is 11.2 Å². The molecular formula is C28H27FN4O4S. The van der Waals surface area contributed by atoms with Crippen LogP contribution in [0.5, 0.6) is 0 Å². The highest BCUT2D eigenvalue weighted by molar-refractivity contribution is 7.10. The van der Waals surface area contributed by atoms with Gasteiger partial charge in [-0.05, 0) is 53.9 Å². The zero-order valence-corrected chi connectivity index (χ0v) is 21.8. The largest absolute Gasteiger partial charge is 0.386 e. The number of hydrogen-bond acceptors (Lipinski definition) is 6. The Bertz CT molecular complexity index is 1570. The molecule has 2 aromatic heterocycles. The van der Waals surface area contributed by atoms with Crippen LogP contribution in [-0.4, -0.2) is 47.0 Å². The minimum Gasteiger partial charge on any atom is -0.386 e. The van der Waals surface area contributed by atoms with Crippen molar-refractivity contribution in [3.05, 3.63) is 97.7 Å². The lowest BCUT2D eigenvalue weighted by atomic mass is 10.0. The van der Waals surface area contributed by atoms with Gasteiger partial charge in [-0.1, -0.05) is 18.2 Å². The number of likely N-dealkylation sites (N-methyl/N-ethyl adjacent to an activating group) is 2. The van der Waals surface area contributed by atoms with Crippen molar-refractivity contribution in [1.29, 1.82) is 0 Å². The summed E-state index contributed by atoms with van der Waals surface area (Å²) in [5, 5.41) is 15.5. The number of carbonyl (C=O) groups excluding carboxylic acids is 2. The maximum absolute atomic E-state index is 13.6. The highest BCUT2D eigenvalue weighted by Crippen LogP contribution is 2.31. The molecule has 5 rings (SSSR count). The molecular weight excluding hydrogens is 507 g/mol. The van der Waals surface area contributed by atoms with Crippen LogP contribution in [-0.2, 0) is 24.4 Å². The smallest absolute Gasteiger partial charge is 0.257 e. The number of anilines is 1. The van der Waals surface area contributed by atoms with Crippen molar-refractivity contribution < 1.29 is 19.1 Å². The molecule has 2 aromatic carbocycles.